The SMILES string of the molecule is CC1=CC[C@H](C(C)(C)O/N=C(/C)C(=O)O)CC1. The number of carboxylic acids is 1. The van der Waals surface area contributed by atoms with E-state index in [4.69, 9.17) is 9.94 Å². The van der Waals surface area contributed by atoms with Gasteiger partial charge in [0.15, 0.2) is 5.71 Å². The van der Waals surface area contributed by atoms with Crippen LogP contribution in [0.3, 0.4) is 0 Å². The molecule has 0 aliphatic heterocycles. The minimum absolute atomic E-state index is 0.0133. The summed E-state index contributed by atoms with van der Waals surface area (Å²) in [6, 6.07) is 0. The summed E-state index contributed by atoms with van der Waals surface area (Å²) in [6.45, 7) is 7.50. The smallest absolute Gasteiger partial charge is 0.353 e. The molecule has 1 N–H and O–H groups in total. The zero-order chi connectivity index (χ0) is 13.1. The summed E-state index contributed by atoms with van der Waals surface area (Å²) < 4.78 is 0. The second-order valence-electron chi connectivity index (χ2n) is 5.20. The Labute approximate surface area is 102 Å². The molecule has 17 heavy (non-hydrogen) atoms. The van der Waals surface area contributed by atoms with Crippen LogP contribution < -0.4 is 0 Å². The van der Waals surface area contributed by atoms with Gasteiger partial charge in [0.1, 0.15) is 5.60 Å². The van der Waals surface area contributed by atoms with Gasteiger partial charge in [-0.25, -0.2) is 4.79 Å². The Morgan fingerprint density at radius 1 is 1.59 bits per heavy atom. The summed E-state index contributed by atoms with van der Waals surface area (Å²) in [7, 11) is 0. The lowest BCUT2D eigenvalue weighted by Gasteiger charge is -2.33. The molecule has 0 amide bonds. The van der Waals surface area contributed by atoms with Crippen molar-refractivity contribution < 1.29 is 14.7 Å². The number of aliphatic carboxylic acids is 1. The van der Waals surface area contributed by atoms with Crippen LogP contribution in [0.2, 0.25) is 0 Å². The highest BCUT2D eigenvalue weighted by Crippen LogP contribution is 2.34. The van der Waals surface area contributed by atoms with E-state index in [2.05, 4.69) is 18.2 Å². The fraction of sp³-hybridized carbons (Fsp3) is 0.692. The van der Waals surface area contributed by atoms with Crippen LogP contribution in [0.1, 0.15) is 47.0 Å². The topological polar surface area (TPSA) is 58.9 Å². The Balaban J connectivity index is 2.63. The van der Waals surface area contributed by atoms with Crippen molar-refractivity contribution in [3.8, 4) is 0 Å². The molecule has 1 aliphatic carbocycles. The fourth-order valence-electron chi connectivity index (χ4n) is 1.90. The summed E-state index contributed by atoms with van der Waals surface area (Å²) in [5.41, 5.74) is 0.983. The summed E-state index contributed by atoms with van der Waals surface area (Å²) >= 11 is 0. The van der Waals surface area contributed by atoms with E-state index in [0.29, 0.717) is 5.92 Å². The summed E-state index contributed by atoms with van der Waals surface area (Å²) in [4.78, 5) is 16.0. The van der Waals surface area contributed by atoms with E-state index in [1.807, 2.05) is 13.8 Å². The average molecular weight is 239 g/mol. The van der Waals surface area contributed by atoms with Crippen LogP contribution in [0.25, 0.3) is 0 Å². The van der Waals surface area contributed by atoms with Crippen molar-refractivity contribution in [1.82, 2.24) is 0 Å². The average Bonchev–Trinajstić information content (AvgIpc) is 2.26. The van der Waals surface area contributed by atoms with E-state index in [-0.39, 0.29) is 5.71 Å². The summed E-state index contributed by atoms with van der Waals surface area (Å²) in [5.74, 6) is -0.656. The van der Waals surface area contributed by atoms with Gasteiger partial charge in [0.25, 0.3) is 0 Å². The lowest BCUT2D eigenvalue weighted by molar-refractivity contribution is -0.130. The largest absolute Gasteiger partial charge is 0.477 e. The van der Waals surface area contributed by atoms with E-state index in [1.54, 1.807) is 0 Å². The molecule has 1 rings (SSSR count). The third-order valence-corrected chi connectivity index (χ3v) is 3.35. The van der Waals surface area contributed by atoms with Gasteiger partial charge in [-0.3, -0.25) is 0 Å². The zero-order valence-electron chi connectivity index (χ0n) is 11.0. The second kappa shape index (κ2) is 5.34. The minimum atomic E-state index is -1.04. The second-order valence-corrected chi connectivity index (χ2v) is 5.20. The molecule has 0 aromatic rings. The molecule has 96 valence electrons. The predicted molar refractivity (Wildman–Crippen MR) is 67.0 cm³/mol. The molecule has 4 heteroatoms. The molecule has 0 radical (unpaired) electrons. The first kappa shape index (κ1) is 13.7. The summed E-state index contributed by atoms with van der Waals surface area (Å²) in [5, 5.41) is 12.4. The van der Waals surface area contributed by atoms with E-state index in [1.165, 1.54) is 12.5 Å². The molecule has 0 saturated carbocycles. The number of rotatable bonds is 4. The van der Waals surface area contributed by atoms with Crippen molar-refractivity contribution in [1.29, 1.82) is 0 Å². The number of allylic oxidation sites excluding steroid dienone is 2. The maximum atomic E-state index is 10.6. The number of oxime groups is 1. The van der Waals surface area contributed by atoms with Crippen LogP contribution in [-0.4, -0.2) is 22.4 Å². The highest BCUT2D eigenvalue weighted by molar-refractivity contribution is 6.34. The van der Waals surface area contributed by atoms with E-state index < -0.39 is 11.6 Å². The number of nitrogens with zero attached hydrogens (tertiary/aromatic N) is 1. The van der Waals surface area contributed by atoms with Gasteiger partial charge in [-0.1, -0.05) is 16.8 Å². The Bertz CT molecular complexity index is 356. The molecular weight excluding hydrogens is 218 g/mol. The van der Waals surface area contributed by atoms with Crippen LogP contribution in [0.4, 0.5) is 0 Å². The van der Waals surface area contributed by atoms with Gasteiger partial charge >= 0.3 is 5.97 Å². The van der Waals surface area contributed by atoms with Gasteiger partial charge in [-0.2, -0.15) is 0 Å². The summed E-state index contributed by atoms with van der Waals surface area (Å²) in [6.07, 6.45) is 5.35. The van der Waals surface area contributed by atoms with E-state index in [9.17, 15) is 4.79 Å². The van der Waals surface area contributed by atoms with Crippen molar-refractivity contribution in [3.63, 3.8) is 0 Å². The van der Waals surface area contributed by atoms with Crippen LogP contribution in [0, 0.1) is 5.92 Å². The molecular formula is C13H21NO3. The molecule has 0 unspecified atom stereocenters. The minimum Gasteiger partial charge on any atom is -0.477 e. The number of hydrogen-bond acceptors (Lipinski definition) is 3. The first-order chi connectivity index (χ1) is 7.83. The first-order valence-corrected chi connectivity index (χ1v) is 5.94. The lowest BCUT2D eigenvalue weighted by Crippen LogP contribution is -2.34. The number of carbonyl (C=O) groups is 1. The predicted octanol–water partition coefficient (Wildman–Crippen LogP) is 2.99. The third-order valence-electron chi connectivity index (χ3n) is 3.35. The van der Waals surface area contributed by atoms with Crippen LogP contribution in [0.5, 0.6) is 0 Å². The molecule has 4 nitrogen and oxygen atoms in total. The first-order valence-electron chi connectivity index (χ1n) is 5.94. The number of carboxylic acid groups (broad SMARTS) is 1. The van der Waals surface area contributed by atoms with Gasteiger partial charge in [0, 0.05) is 5.92 Å². The van der Waals surface area contributed by atoms with Gasteiger partial charge in [0.05, 0.1) is 0 Å². The van der Waals surface area contributed by atoms with Crippen molar-refractivity contribution >= 4 is 11.7 Å². The molecule has 0 bridgehead atoms. The van der Waals surface area contributed by atoms with Gasteiger partial charge in [-0.05, 0) is 47.0 Å². The third kappa shape index (κ3) is 3.88. The van der Waals surface area contributed by atoms with Crippen LogP contribution >= 0.6 is 0 Å². The Kier molecular flexibility index (Phi) is 4.32. The molecule has 0 fully saturated rings. The molecule has 0 heterocycles. The van der Waals surface area contributed by atoms with Crippen molar-refractivity contribution in [2.24, 2.45) is 11.1 Å². The molecule has 1 atom stereocenters. The monoisotopic (exact) mass is 239 g/mol. The Morgan fingerprint density at radius 3 is 2.71 bits per heavy atom. The maximum absolute atomic E-state index is 10.6. The lowest BCUT2D eigenvalue weighted by atomic mass is 9.80. The molecule has 0 aromatic heterocycles. The molecule has 0 spiro atoms. The highest BCUT2D eigenvalue weighted by Gasteiger charge is 2.32. The van der Waals surface area contributed by atoms with Gasteiger partial charge in [0.2, 0.25) is 0 Å². The van der Waals surface area contributed by atoms with Gasteiger partial charge < -0.3 is 9.94 Å². The molecule has 0 saturated heterocycles. The van der Waals surface area contributed by atoms with E-state index in [0.717, 1.165) is 19.3 Å². The van der Waals surface area contributed by atoms with Crippen molar-refractivity contribution in [2.75, 3.05) is 0 Å². The Hall–Kier alpha value is -1.32. The number of hydrogen-bond donors (Lipinski definition) is 1. The van der Waals surface area contributed by atoms with Crippen molar-refractivity contribution in [3.05, 3.63) is 11.6 Å². The fourth-order valence-corrected chi connectivity index (χ4v) is 1.90. The standard InChI is InChI=1S/C13H21NO3/c1-9-5-7-11(8-6-9)13(3,4)17-14-10(2)12(15)16/h5,11H,6-8H2,1-4H3,(H,15,16)/b14-10-/t11-/m0/s1. The Morgan fingerprint density at radius 2 is 2.24 bits per heavy atom. The van der Waals surface area contributed by atoms with Crippen LogP contribution in [0.15, 0.2) is 16.8 Å². The van der Waals surface area contributed by atoms with Gasteiger partial charge in [-0.15, -0.1) is 0 Å². The molecule has 1 aliphatic rings. The normalized spacial score (nSPS) is 22.0. The quantitative estimate of drug-likeness (QED) is 0.466. The zero-order valence-corrected chi connectivity index (χ0v) is 11.0. The maximum Gasteiger partial charge on any atom is 0.353 e. The van der Waals surface area contributed by atoms with Crippen molar-refractivity contribution in [2.45, 2.75) is 52.6 Å². The molecule has 0 aromatic carbocycles. The van der Waals surface area contributed by atoms with Crippen LogP contribution in [-0.2, 0) is 9.63 Å². The highest BCUT2D eigenvalue weighted by atomic mass is 16.6. The van der Waals surface area contributed by atoms with E-state index >= 15 is 0 Å².